The van der Waals surface area contributed by atoms with Crippen LogP contribution in [0.3, 0.4) is 0 Å². The zero-order valence-electron chi connectivity index (χ0n) is 9.82. The van der Waals surface area contributed by atoms with Gasteiger partial charge in [-0.2, -0.15) is 0 Å². The van der Waals surface area contributed by atoms with Crippen molar-refractivity contribution in [3.63, 3.8) is 0 Å². The molecule has 92 valence electrons. The number of benzene rings is 1. The maximum Gasteiger partial charge on any atom is 0.287 e. The van der Waals surface area contributed by atoms with Crippen molar-refractivity contribution in [1.29, 1.82) is 0 Å². The minimum absolute atomic E-state index is 0.156. The normalized spacial score (nSPS) is 9.94. The molecule has 0 aromatic heterocycles. The highest BCUT2D eigenvalue weighted by atomic mass is 16.2. The molecule has 3 N–H and O–H groups in total. The molecule has 17 heavy (non-hydrogen) atoms. The van der Waals surface area contributed by atoms with E-state index in [1.165, 1.54) is 0 Å². The van der Waals surface area contributed by atoms with Crippen LogP contribution >= 0.6 is 0 Å². The molecule has 0 aliphatic carbocycles. The molecule has 1 amide bonds. The Hall–Kier alpha value is -1.68. The molecule has 1 aromatic rings. The van der Waals surface area contributed by atoms with Gasteiger partial charge >= 0.3 is 0 Å². The highest BCUT2D eigenvalue weighted by Crippen LogP contribution is 2.00. The van der Waals surface area contributed by atoms with Gasteiger partial charge in [-0.05, 0) is 24.9 Å². The zero-order chi connectivity index (χ0) is 12.5. The maximum absolute atomic E-state index is 11.5. The Labute approximate surface area is 101 Å². The van der Waals surface area contributed by atoms with Gasteiger partial charge < -0.3 is 11.1 Å². The molecular formula is C13H18N2O2. The predicted molar refractivity (Wildman–Crippen MR) is 66.5 cm³/mol. The van der Waals surface area contributed by atoms with Crippen LogP contribution in [-0.2, 0) is 16.0 Å². The standard InChI is InChI=1S/C13H18N2O2/c14-8-4-5-9-15-13(17)12(16)10-11-6-2-1-3-7-11/h1-3,6-7H,4-5,8-10,14H2,(H,15,17). The van der Waals surface area contributed by atoms with E-state index in [2.05, 4.69) is 5.32 Å². The van der Waals surface area contributed by atoms with Crippen molar-refractivity contribution in [2.24, 2.45) is 5.73 Å². The van der Waals surface area contributed by atoms with E-state index in [1.54, 1.807) is 0 Å². The van der Waals surface area contributed by atoms with Gasteiger partial charge in [0.05, 0.1) is 0 Å². The average molecular weight is 234 g/mol. The summed E-state index contributed by atoms with van der Waals surface area (Å²) in [6, 6.07) is 9.24. The first-order valence-corrected chi connectivity index (χ1v) is 5.79. The second kappa shape index (κ2) is 7.57. The summed E-state index contributed by atoms with van der Waals surface area (Å²) in [7, 11) is 0. The molecule has 4 nitrogen and oxygen atoms in total. The molecule has 1 rings (SSSR count). The Morgan fingerprint density at radius 1 is 1.12 bits per heavy atom. The molecular weight excluding hydrogens is 216 g/mol. The largest absolute Gasteiger partial charge is 0.349 e. The minimum Gasteiger partial charge on any atom is -0.349 e. The lowest BCUT2D eigenvalue weighted by Crippen LogP contribution is -2.32. The van der Waals surface area contributed by atoms with E-state index in [1.807, 2.05) is 30.3 Å². The van der Waals surface area contributed by atoms with Gasteiger partial charge in [0.25, 0.3) is 5.91 Å². The summed E-state index contributed by atoms with van der Waals surface area (Å²) >= 11 is 0. The molecule has 1 aromatic carbocycles. The van der Waals surface area contributed by atoms with Gasteiger partial charge in [-0.25, -0.2) is 0 Å². The monoisotopic (exact) mass is 234 g/mol. The van der Waals surface area contributed by atoms with E-state index in [0.29, 0.717) is 13.1 Å². The number of amides is 1. The fourth-order valence-electron chi connectivity index (χ4n) is 1.43. The van der Waals surface area contributed by atoms with Crippen LogP contribution in [0.5, 0.6) is 0 Å². The molecule has 0 radical (unpaired) electrons. The summed E-state index contributed by atoms with van der Waals surface area (Å²) in [5.74, 6) is -0.908. The summed E-state index contributed by atoms with van der Waals surface area (Å²) in [6.07, 6.45) is 1.82. The first-order chi connectivity index (χ1) is 8.24. The number of nitrogens with one attached hydrogen (secondary N) is 1. The second-order valence-electron chi connectivity index (χ2n) is 3.84. The number of rotatable bonds is 7. The van der Waals surface area contributed by atoms with E-state index in [4.69, 9.17) is 5.73 Å². The number of hydrogen-bond donors (Lipinski definition) is 2. The number of carbonyl (C=O) groups is 2. The quantitative estimate of drug-likeness (QED) is 0.537. The number of unbranched alkanes of at least 4 members (excludes halogenated alkanes) is 1. The number of carbonyl (C=O) groups excluding carboxylic acids is 2. The number of Topliss-reactive ketones (excluding diaryl/α,β-unsaturated/α-hetero) is 1. The lowest BCUT2D eigenvalue weighted by molar-refractivity contribution is -0.137. The maximum atomic E-state index is 11.5. The Morgan fingerprint density at radius 2 is 1.82 bits per heavy atom. The highest BCUT2D eigenvalue weighted by molar-refractivity contribution is 6.36. The van der Waals surface area contributed by atoms with Crippen LogP contribution in [0.2, 0.25) is 0 Å². The summed E-state index contributed by atoms with van der Waals surface area (Å²) in [5, 5.41) is 2.59. The van der Waals surface area contributed by atoms with Crippen LogP contribution in [0, 0.1) is 0 Å². The molecule has 4 heteroatoms. The van der Waals surface area contributed by atoms with Crippen molar-refractivity contribution >= 4 is 11.7 Å². The van der Waals surface area contributed by atoms with Crippen molar-refractivity contribution in [3.05, 3.63) is 35.9 Å². The predicted octanol–water partition coefficient (Wildman–Crippen LogP) is 0.653. The lowest BCUT2D eigenvalue weighted by Gasteiger charge is -2.03. The Morgan fingerprint density at radius 3 is 2.47 bits per heavy atom. The molecule has 0 fully saturated rings. The molecule has 0 saturated carbocycles. The summed E-state index contributed by atoms with van der Waals surface area (Å²) < 4.78 is 0. The van der Waals surface area contributed by atoms with Gasteiger partial charge in [-0.3, -0.25) is 9.59 Å². The minimum atomic E-state index is -0.508. The van der Waals surface area contributed by atoms with Crippen LogP contribution in [0.1, 0.15) is 18.4 Å². The molecule has 0 heterocycles. The van der Waals surface area contributed by atoms with Gasteiger partial charge in [0.2, 0.25) is 5.78 Å². The van der Waals surface area contributed by atoms with Crippen molar-refractivity contribution in [1.82, 2.24) is 5.32 Å². The van der Waals surface area contributed by atoms with Gasteiger partial charge in [-0.15, -0.1) is 0 Å². The number of ketones is 1. The Kier molecular flexibility index (Phi) is 5.96. The van der Waals surface area contributed by atoms with Crippen molar-refractivity contribution in [3.8, 4) is 0 Å². The van der Waals surface area contributed by atoms with Crippen molar-refractivity contribution < 1.29 is 9.59 Å². The smallest absolute Gasteiger partial charge is 0.287 e. The van der Waals surface area contributed by atoms with Crippen LogP contribution in [0.15, 0.2) is 30.3 Å². The fourth-order valence-corrected chi connectivity index (χ4v) is 1.43. The van der Waals surface area contributed by atoms with E-state index in [9.17, 15) is 9.59 Å². The first kappa shape index (κ1) is 13.4. The fraction of sp³-hybridized carbons (Fsp3) is 0.385. The third-order valence-corrected chi connectivity index (χ3v) is 2.38. The van der Waals surface area contributed by atoms with Crippen LogP contribution in [0.4, 0.5) is 0 Å². The third-order valence-electron chi connectivity index (χ3n) is 2.38. The SMILES string of the molecule is NCCCCNC(=O)C(=O)Cc1ccccc1. The molecule has 0 spiro atoms. The number of hydrogen-bond acceptors (Lipinski definition) is 3. The molecule has 0 bridgehead atoms. The summed E-state index contributed by atoms with van der Waals surface area (Å²) in [4.78, 5) is 23.0. The van der Waals surface area contributed by atoms with Crippen molar-refractivity contribution in [2.45, 2.75) is 19.3 Å². The highest BCUT2D eigenvalue weighted by Gasteiger charge is 2.12. The average Bonchev–Trinajstić information content (AvgIpc) is 2.35. The van der Waals surface area contributed by atoms with E-state index in [-0.39, 0.29) is 6.42 Å². The third kappa shape index (κ3) is 5.26. The van der Waals surface area contributed by atoms with Gasteiger partial charge in [0.15, 0.2) is 0 Å². The van der Waals surface area contributed by atoms with Crippen LogP contribution in [0.25, 0.3) is 0 Å². The topological polar surface area (TPSA) is 72.2 Å². The molecule has 0 saturated heterocycles. The zero-order valence-corrected chi connectivity index (χ0v) is 9.82. The van der Waals surface area contributed by atoms with Gasteiger partial charge in [-0.1, -0.05) is 30.3 Å². The van der Waals surface area contributed by atoms with E-state index < -0.39 is 11.7 Å². The summed E-state index contributed by atoms with van der Waals surface area (Å²) in [5.41, 5.74) is 6.18. The molecule has 0 aliphatic heterocycles. The second-order valence-corrected chi connectivity index (χ2v) is 3.84. The van der Waals surface area contributed by atoms with Crippen LogP contribution in [-0.4, -0.2) is 24.8 Å². The molecule has 0 atom stereocenters. The Balaban J connectivity index is 2.30. The molecule has 0 aliphatic rings. The number of nitrogens with two attached hydrogens (primary N) is 1. The van der Waals surface area contributed by atoms with E-state index >= 15 is 0 Å². The van der Waals surface area contributed by atoms with Gasteiger partial charge in [0, 0.05) is 13.0 Å². The van der Waals surface area contributed by atoms with Crippen molar-refractivity contribution in [2.75, 3.05) is 13.1 Å². The lowest BCUT2D eigenvalue weighted by atomic mass is 10.1. The Bertz CT molecular complexity index is 363. The van der Waals surface area contributed by atoms with Crippen LogP contribution < -0.4 is 11.1 Å². The molecule has 0 unspecified atom stereocenters. The first-order valence-electron chi connectivity index (χ1n) is 5.79. The van der Waals surface area contributed by atoms with E-state index in [0.717, 1.165) is 18.4 Å². The summed E-state index contributed by atoms with van der Waals surface area (Å²) in [6.45, 7) is 1.12. The van der Waals surface area contributed by atoms with Gasteiger partial charge in [0.1, 0.15) is 0 Å².